The van der Waals surface area contributed by atoms with Crippen molar-refractivity contribution in [2.45, 2.75) is 22.7 Å². The van der Waals surface area contributed by atoms with Crippen molar-refractivity contribution in [1.29, 1.82) is 0 Å². The van der Waals surface area contributed by atoms with Crippen LogP contribution in [0.5, 0.6) is 0 Å². The Kier molecular flexibility index (Phi) is 5.82. The molecule has 0 bridgehead atoms. The third kappa shape index (κ3) is 4.42. The second-order valence-corrected chi connectivity index (χ2v) is 8.41. The first-order valence-electron chi connectivity index (χ1n) is 7.00. The van der Waals surface area contributed by atoms with Crippen LogP contribution in [0.15, 0.2) is 29.2 Å². The summed E-state index contributed by atoms with van der Waals surface area (Å²) in [6.07, 6.45) is -4.07. The van der Waals surface area contributed by atoms with Gasteiger partial charge in [0.25, 0.3) is 0 Å². The number of alkyl halides is 3. The number of halogens is 3. The molecular formula is C14H16F3NO4S2. The molecular weight excluding hydrogens is 367 g/mol. The molecule has 0 amide bonds. The second-order valence-electron chi connectivity index (χ2n) is 5.19. The van der Waals surface area contributed by atoms with Crippen molar-refractivity contribution >= 4 is 27.8 Å². The van der Waals surface area contributed by atoms with Crippen molar-refractivity contribution in [3.63, 3.8) is 0 Å². The molecule has 2 rings (SSSR count). The van der Waals surface area contributed by atoms with Crippen LogP contribution in [0.25, 0.3) is 0 Å². The molecule has 1 atom stereocenters. The summed E-state index contributed by atoms with van der Waals surface area (Å²) in [5.41, 5.74) is -1.00. The van der Waals surface area contributed by atoms with Crippen molar-refractivity contribution in [3.8, 4) is 0 Å². The lowest BCUT2D eigenvalue weighted by Gasteiger charge is -2.17. The highest BCUT2D eigenvalue weighted by Crippen LogP contribution is 2.32. The zero-order valence-electron chi connectivity index (χ0n) is 12.7. The summed E-state index contributed by atoms with van der Waals surface area (Å²) in [5.74, 6) is -0.294. The molecule has 1 aromatic rings. The Balaban J connectivity index is 2.10. The first kappa shape index (κ1) is 19.1. The highest BCUT2D eigenvalue weighted by atomic mass is 32.2. The average Bonchev–Trinajstić information content (AvgIpc) is 3.01. The van der Waals surface area contributed by atoms with Gasteiger partial charge in [0.15, 0.2) is 0 Å². The molecule has 0 aliphatic carbocycles. The molecule has 134 valence electrons. The van der Waals surface area contributed by atoms with Crippen LogP contribution in [0.2, 0.25) is 0 Å². The Bertz CT molecular complexity index is 706. The Morgan fingerprint density at radius 3 is 2.75 bits per heavy atom. The van der Waals surface area contributed by atoms with Gasteiger partial charge in [0.05, 0.1) is 23.3 Å². The van der Waals surface area contributed by atoms with Gasteiger partial charge in [0, 0.05) is 18.3 Å². The molecule has 10 heteroatoms. The lowest BCUT2D eigenvalue weighted by atomic mass is 10.2. The molecule has 0 aromatic heterocycles. The van der Waals surface area contributed by atoms with Gasteiger partial charge in [0.1, 0.15) is 0 Å². The van der Waals surface area contributed by atoms with Crippen molar-refractivity contribution in [2.24, 2.45) is 0 Å². The molecule has 1 heterocycles. The normalized spacial score (nSPS) is 19.4. The number of rotatable bonds is 5. The lowest BCUT2D eigenvalue weighted by molar-refractivity contribution is -0.138. The van der Waals surface area contributed by atoms with Crippen LogP contribution in [-0.2, 0) is 25.7 Å². The van der Waals surface area contributed by atoms with Crippen LogP contribution in [-0.4, -0.2) is 49.9 Å². The maximum Gasteiger partial charge on any atom is 0.416 e. The minimum absolute atomic E-state index is 0.0929. The van der Waals surface area contributed by atoms with Gasteiger partial charge in [-0.2, -0.15) is 17.5 Å². The van der Waals surface area contributed by atoms with E-state index < -0.39 is 27.7 Å². The van der Waals surface area contributed by atoms with Gasteiger partial charge in [-0.05, 0) is 24.6 Å². The van der Waals surface area contributed by atoms with Gasteiger partial charge in [-0.3, -0.25) is 4.79 Å². The average molecular weight is 383 g/mol. The van der Waals surface area contributed by atoms with Crippen LogP contribution < -0.4 is 0 Å². The van der Waals surface area contributed by atoms with E-state index in [1.54, 1.807) is 0 Å². The lowest BCUT2D eigenvalue weighted by Crippen LogP contribution is -2.29. The summed E-state index contributed by atoms with van der Waals surface area (Å²) < 4.78 is 68.9. The second kappa shape index (κ2) is 7.32. The summed E-state index contributed by atoms with van der Waals surface area (Å²) >= 11 is 1.28. The molecule has 5 nitrogen and oxygen atoms in total. The monoisotopic (exact) mass is 383 g/mol. The van der Waals surface area contributed by atoms with Gasteiger partial charge in [-0.25, -0.2) is 8.42 Å². The van der Waals surface area contributed by atoms with Gasteiger partial charge in [0.2, 0.25) is 10.0 Å². The van der Waals surface area contributed by atoms with E-state index in [0.29, 0.717) is 12.5 Å². The molecule has 0 N–H and O–H groups in total. The van der Waals surface area contributed by atoms with E-state index in [0.717, 1.165) is 22.5 Å². The third-order valence-corrected chi connectivity index (χ3v) is 6.69. The minimum Gasteiger partial charge on any atom is -0.468 e. The van der Waals surface area contributed by atoms with E-state index in [9.17, 15) is 26.4 Å². The number of carbonyl (C=O) groups excluding carboxylic acids is 1. The number of nitrogens with zero attached hydrogens (tertiary/aromatic N) is 1. The topological polar surface area (TPSA) is 63.7 Å². The van der Waals surface area contributed by atoms with Gasteiger partial charge >= 0.3 is 12.1 Å². The first-order valence-corrected chi connectivity index (χ1v) is 9.49. The minimum atomic E-state index is -4.60. The molecule has 24 heavy (non-hydrogen) atoms. The molecule has 0 saturated carbocycles. The van der Waals surface area contributed by atoms with Crippen LogP contribution in [0.1, 0.15) is 12.0 Å². The van der Waals surface area contributed by atoms with Crippen molar-refractivity contribution in [1.82, 2.24) is 4.31 Å². The number of carbonyl (C=O) groups is 1. The van der Waals surface area contributed by atoms with Crippen LogP contribution >= 0.6 is 11.8 Å². The van der Waals surface area contributed by atoms with Gasteiger partial charge in [-0.1, -0.05) is 6.07 Å². The van der Waals surface area contributed by atoms with Crippen molar-refractivity contribution in [3.05, 3.63) is 29.8 Å². The summed E-state index contributed by atoms with van der Waals surface area (Å²) in [6, 6.07) is 3.71. The molecule has 0 radical (unpaired) electrons. The predicted octanol–water partition coefficient (Wildman–Crippen LogP) is 2.37. The molecule has 0 unspecified atom stereocenters. The molecule has 1 aliphatic heterocycles. The summed E-state index contributed by atoms with van der Waals surface area (Å²) in [5, 5.41) is -0.0929. The zero-order valence-corrected chi connectivity index (χ0v) is 14.4. The van der Waals surface area contributed by atoms with E-state index in [2.05, 4.69) is 4.74 Å². The number of thioether (sulfide) groups is 1. The van der Waals surface area contributed by atoms with E-state index in [4.69, 9.17) is 0 Å². The molecule has 1 aliphatic rings. The maximum absolute atomic E-state index is 12.7. The van der Waals surface area contributed by atoms with E-state index in [1.165, 1.54) is 18.9 Å². The Morgan fingerprint density at radius 2 is 2.12 bits per heavy atom. The maximum atomic E-state index is 12.7. The zero-order chi connectivity index (χ0) is 18.0. The predicted molar refractivity (Wildman–Crippen MR) is 83.1 cm³/mol. The fraction of sp³-hybridized carbons (Fsp3) is 0.500. The van der Waals surface area contributed by atoms with E-state index in [1.807, 2.05) is 0 Å². The third-order valence-electron chi connectivity index (χ3n) is 3.57. The molecule has 1 aromatic carbocycles. The SMILES string of the molecule is COC(=O)CS[C@@H]1CCN(S(=O)(=O)c2cccc(C(F)(F)F)c2)C1. The van der Waals surface area contributed by atoms with Crippen molar-refractivity contribution < 1.29 is 31.1 Å². The summed E-state index contributed by atoms with van der Waals surface area (Å²) in [7, 11) is -2.73. The molecule has 1 saturated heterocycles. The Labute approximate surface area is 142 Å². The van der Waals surface area contributed by atoms with Gasteiger partial charge in [-0.15, -0.1) is 11.8 Å². The van der Waals surface area contributed by atoms with E-state index >= 15 is 0 Å². The number of benzene rings is 1. The highest BCUT2D eigenvalue weighted by Gasteiger charge is 2.35. The fourth-order valence-corrected chi connectivity index (χ4v) is 4.97. The molecule has 0 spiro atoms. The van der Waals surface area contributed by atoms with Gasteiger partial charge < -0.3 is 4.74 Å². The van der Waals surface area contributed by atoms with Crippen LogP contribution in [0.4, 0.5) is 13.2 Å². The van der Waals surface area contributed by atoms with Crippen molar-refractivity contribution in [2.75, 3.05) is 26.0 Å². The molecule has 1 fully saturated rings. The first-order chi connectivity index (χ1) is 11.1. The van der Waals surface area contributed by atoms with Crippen LogP contribution in [0, 0.1) is 0 Å². The summed E-state index contributed by atoms with van der Waals surface area (Å²) in [4.78, 5) is 10.7. The largest absolute Gasteiger partial charge is 0.468 e. The van der Waals surface area contributed by atoms with Crippen LogP contribution in [0.3, 0.4) is 0 Å². The number of ether oxygens (including phenoxy) is 1. The Hall–Kier alpha value is -1.26. The summed E-state index contributed by atoms with van der Waals surface area (Å²) in [6.45, 7) is 0.359. The number of sulfonamides is 1. The number of hydrogen-bond acceptors (Lipinski definition) is 5. The standard InChI is InChI=1S/C14H16F3NO4S2/c1-22-13(19)9-23-11-5-6-18(8-11)24(20,21)12-4-2-3-10(7-12)14(15,16)17/h2-4,7,11H,5-6,8-9H2,1H3/t11-/m1/s1. The quantitative estimate of drug-likeness (QED) is 0.731. The van der Waals surface area contributed by atoms with E-state index in [-0.39, 0.29) is 29.0 Å². The fourth-order valence-electron chi connectivity index (χ4n) is 2.28. The number of methoxy groups -OCH3 is 1. The smallest absolute Gasteiger partial charge is 0.416 e. The number of hydrogen-bond donors (Lipinski definition) is 0. The Morgan fingerprint density at radius 1 is 1.42 bits per heavy atom. The number of esters is 1. The highest BCUT2D eigenvalue weighted by molar-refractivity contribution is 8.00.